The summed E-state index contributed by atoms with van der Waals surface area (Å²) in [5, 5.41) is 5.76. The Kier molecular flexibility index (Phi) is 7.87. The summed E-state index contributed by atoms with van der Waals surface area (Å²) in [6.07, 6.45) is 6.10. The fourth-order valence-electron chi connectivity index (χ4n) is 2.78. The molecule has 2 rings (SSSR count). The van der Waals surface area contributed by atoms with E-state index in [4.69, 9.17) is 0 Å². The lowest BCUT2D eigenvalue weighted by Crippen LogP contribution is -2.14. The number of anilines is 2. The Bertz CT molecular complexity index is 740. The predicted molar refractivity (Wildman–Crippen MR) is 108 cm³/mol. The van der Waals surface area contributed by atoms with Crippen molar-refractivity contribution >= 4 is 23.2 Å². The van der Waals surface area contributed by atoms with Gasteiger partial charge in [0.1, 0.15) is 0 Å². The predicted octanol–water partition coefficient (Wildman–Crippen LogP) is 5.55. The molecule has 0 atom stereocenters. The molecule has 0 saturated carbocycles. The maximum atomic E-state index is 12.4. The molecule has 0 radical (unpaired) electrons. The Morgan fingerprint density at radius 2 is 1.54 bits per heavy atom. The molecule has 0 spiro atoms. The maximum absolute atomic E-state index is 12.4. The van der Waals surface area contributed by atoms with E-state index in [-0.39, 0.29) is 11.8 Å². The zero-order chi connectivity index (χ0) is 18.8. The second-order valence-electron chi connectivity index (χ2n) is 6.62. The van der Waals surface area contributed by atoms with E-state index >= 15 is 0 Å². The summed E-state index contributed by atoms with van der Waals surface area (Å²) in [6, 6.07) is 14.7. The van der Waals surface area contributed by atoms with Crippen molar-refractivity contribution in [3.63, 3.8) is 0 Å². The van der Waals surface area contributed by atoms with Gasteiger partial charge < -0.3 is 10.6 Å². The molecule has 4 heteroatoms. The van der Waals surface area contributed by atoms with Gasteiger partial charge in [-0.1, -0.05) is 50.8 Å². The van der Waals surface area contributed by atoms with Gasteiger partial charge in [0.25, 0.3) is 5.91 Å². The number of benzene rings is 2. The first kappa shape index (κ1) is 19.7. The monoisotopic (exact) mass is 352 g/mol. The van der Waals surface area contributed by atoms with E-state index in [1.807, 2.05) is 31.2 Å². The summed E-state index contributed by atoms with van der Waals surface area (Å²) in [6.45, 7) is 4.16. The van der Waals surface area contributed by atoms with Gasteiger partial charge in [-0.05, 0) is 49.2 Å². The Labute approximate surface area is 156 Å². The van der Waals surface area contributed by atoms with Crippen molar-refractivity contribution in [2.75, 3.05) is 10.6 Å². The number of carbonyl (C=O) groups excluding carboxylic acids is 2. The molecule has 26 heavy (non-hydrogen) atoms. The minimum absolute atomic E-state index is 0.00209. The highest BCUT2D eigenvalue weighted by atomic mass is 16.2. The molecule has 0 unspecified atom stereocenters. The normalized spacial score (nSPS) is 10.4. The molecule has 0 bridgehead atoms. The van der Waals surface area contributed by atoms with Crippen molar-refractivity contribution in [3.05, 3.63) is 59.7 Å². The molecule has 2 amide bonds. The molecule has 2 N–H and O–H groups in total. The summed E-state index contributed by atoms with van der Waals surface area (Å²) in [5.41, 5.74) is 3.02. The van der Waals surface area contributed by atoms with Gasteiger partial charge in [0.2, 0.25) is 5.91 Å². The minimum atomic E-state index is -0.189. The van der Waals surface area contributed by atoms with Crippen LogP contribution in [0.25, 0.3) is 0 Å². The number of rotatable bonds is 9. The SMILES string of the molecule is CCCCCCCC(=O)Nc1cccc(C(=O)Nc2cccc(C)c2)c1. The Balaban J connectivity index is 1.88. The Morgan fingerprint density at radius 1 is 0.846 bits per heavy atom. The van der Waals surface area contributed by atoms with Crippen molar-refractivity contribution in [2.24, 2.45) is 0 Å². The van der Waals surface area contributed by atoms with Crippen LogP contribution < -0.4 is 10.6 Å². The number of unbranched alkanes of at least 4 members (excludes halogenated alkanes) is 4. The second-order valence-corrected chi connectivity index (χ2v) is 6.62. The van der Waals surface area contributed by atoms with Gasteiger partial charge in [0, 0.05) is 23.4 Å². The molecule has 0 saturated heterocycles. The fourth-order valence-corrected chi connectivity index (χ4v) is 2.78. The van der Waals surface area contributed by atoms with Gasteiger partial charge in [0.05, 0.1) is 0 Å². The van der Waals surface area contributed by atoms with Crippen molar-refractivity contribution in [1.29, 1.82) is 0 Å². The quantitative estimate of drug-likeness (QED) is 0.582. The molecule has 4 nitrogen and oxygen atoms in total. The largest absolute Gasteiger partial charge is 0.326 e. The smallest absolute Gasteiger partial charge is 0.255 e. The summed E-state index contributed by atoms with van der Waals surface area (Å²) in [5.74, 6) is -0.191. The fraction of sp³-hybridized carbons (Fsp3) is 0.364. The molecule has 0 fully saturated rings. The maximum Gasteiger partial charge on any atom is 0.255 e. The Morgan fingerprint density at radius 3 is 2.27 bits per heavy atom. The molecule has 0 aromatic heterocycles. The van der Waals surface area contributed by atoms with Crippen LogP contribution in [0.2, 0.25) is 0 Å². The van der Waals surface area contributed by atoms with E-state index < -0.39 is 0 Å². The lowest BCUT2D eigenvalue weighted by Gasteiger charge is -2.09. The van der Waals surface area contributed by atoms with Crippen LogP contribution in [-0.2, 0) is 4.79 Å². The highest BCUT2D eigenvalue weighted by Crippen LogP contribution is 2.15. The van der Waals surface area contributed by atoms with Crippen LogP contribution in [0.5, 0.6) is 0 Å². The van der Waals surface area contributed by atoms with E-state index in [0.29, 0.717) is 17.7 Å². The molecular weight excluding hydrogens is 324 g/mol. The molecule has 0 aliphatic carbocycles. The molecule has 0 aliphatic heterocycles. The number of aryl methyl sites for hydroxylation is 1. The first-order valence-corrected chi connectivity index (χ1v) is 9.36. The van der Waals surface area contributed by atoms with Gasteiger partial charge in [-0.2, -0.15) is 0 Å². The zero-order valence-electron chi connectivity index (χ0n) is 15.7. The summed E-state index contributed by atoms with van der Waals surface area (Å²) >= 11 is 0. The van der Waals surface area contributed by atoms with Crippen molar-refractivity contribution < 1.29 is 9.59 Å². The number of nitrogens with one attached hydrogen (secondary N) is 2. The van der Waals surface area contributed by atoms with E-state index in [1.54, 1.807) is 24.3 Å². The number of carbonyl (C=O) groups is 2. The van der Waals surface area contributed by atoms with E-state index in [9.17, 15) is 9.59 Å². The average molecular weight is 352 g/mol. The topological polar surface area (TPSA) is 58.2 Å². The first-order chi connectivity index (χ1) is 12.6. The van der Waals surface area contributed by atoms with Crippen molar-refractivity contribution in [1.82, 2.24) is 0 Å². The van der Waals surface area contributed by atoms with Crippen molar-refractivity contribution in [2.45, 2.75) is 52.4 Å². The third-order valence-corrected chi connectivity index (χ3v) is 4.19. The third-order valence-electron chi connectivity index (χ3n) is 4.19. The van der Waals surface area contributed by atoms with Crippen LogP contribution in [0.3, 0.4) is 0 Å². The number of hydrogen-bond acceptors (Lipinski definition) is 2. The number of amides is 2. The lowest BCUT2D eigenvalue weighted by atomic mass is 10.1. The van der Waals surface area contributed by atoms with E-state index in [1.165, 1.54) is 19.3 Å². The summed E-state index contributed by atoms with van der Waals surface area (Å²) in [7, 11) is 0. The molecular formula is C22H28N2O2. The summed E-state index contributed by atoms with van der Waals surface area (Å²) < 4.78 is 0. The first-order valence-electron chi connectivity index (χ1n) is 9.36. The highest BCUT2D eigenvalue weighted by molar-refractivity contribution is 6.05. The second kappa shape index (κ2) is 10.4. The summed E-state index contributed by atoms with van der Waals surface area (Å²) in [4.78, 5) is 24.5. The van der Waals surface area contributed by atoms with Crippen LogP contribution in [0.15, 0.2) is 48.5 Å². The van der Waals surface area contributed by atoms with Crippen LogP contribution in [0, 0.1) is 6.92 Å². The van der Waals surface area contributed by atoms with Gasteiger partial charge in [-0.15, -0.1) is 0 Å². The molecule has 2 aromatic rings. The van der Waals surface area contributed by atoms with Gasteiger partial charge in [-0.25, -0.2) is 0 Å². The highest BCUT2D eigenvalue weighted by Gasteiger charge is 2.08. The van der Waals surface area contributed by atoms with Crippen LogP contribution >= 0.6 is 0 Å². The van der Waals surface area contributed by atoms with E-state index in [0.717, 1.165) is 24.1 Å². The number of hydrogen-bond donors (Lipinski definition) is 2. The third kappa shape index (κ3) is 6.71. The van der Waals surface area contributed by atoms with Crippen LogP contribution in [-0.4, -0.2) is 11.8 Å². The Hall–Kier alpha value is -2.62. The van der Waals surface area contributed by atoms with Gasteiger partial charge in [-0.3, -0.25) is 9.59 Å². The van der Waals surface area contributed by atoms with Gasteiger partial charge in [0.15, 0.2) is 0 Å². The molecule has 2 aromatic carbocycles. The molecule has 0 heterocycles. The van der Waals surface area contributed by atoms with Crippen molar-refractivity contribution in [3.8, 4) is 0 Å². The average Bonchev–Trinajstić information content (AvgIpc) is 2.62. The standard InChI is InChI=1S/C22H28N2O2/c1-3-4-5-6-7-14-21(25)23-20-13-9-11-18(16-20)22(26)24-19-12-8-10-17(2)15-19/h8-13,15-16H,3-7,14H2,1-2H3,(H,23,25)(H,24,26). The van der Waals surface area contributed by atoms with Crippen LogP contribution in [0.4, 0.5) is 11.4 Å². The molecule has 0 aliphatic rings. The lowest BCUT2D eigenvalue weighted by molar-refractivity contribution is -0.116. The van der Waals surface area contributed by atoms with Crippen LogP contribution in [0.1, 0.15) is 61.4 Å². The molecule has 138 valence electrons. The zero-order valence-corrected chi connectivity index (χ0v) is 15.7. The van der Waals surface area contributed by atoms with Gasteiger partial charge >= 0.3 is 0 Å². The minimum Gasteiger partial charge on any atom is -0.326 e. The van der Waals surface area contributed by atoms with E-state index in [2.05, 4.69) is 17.6 Å².